The van der Waals surface area contributed by atoms with Crippen LogP contribution in [0, 0.1) is 16.7 Å². The van der Waals surface area contributed by atoms with Crippen molar-refractivity contribution < 1.29 is 14.6 Å². The molecule has 1 aromatic rings. The van der Waals surface area contributed by atoms with Crippen molar-refractivity contribution in [3.63, 3.8) is 0 Å². The van der Waals surface area contributed by atoms with Crippen molar-refractivity contribution in [3.05, 3.63) is 35.4 Å². The molecule has 1 atom stereocenters. The zero-order valence-corrected chi connectivity index (χ0v) is 11.1. The van der Waals surface area contributed by atoms with Crippen molar-refractivity contribution in [1.29, 1.82) is 5.26 Å². The van der Waals surface area contributed by atoms with E-state index in [1.165, 1.54) is 0 Å². The van der Waals surface area contributed by atoms with E-state index in [0.717, 1.165) is 11.1 Å². The smallest absolute Gasteiger partial charge is 0.0981 e. The molecule has 1 aromatic carbocycles. The normalized spacial score (nSPS) is 19.6. The first-order valence-electron chi connectivity index (χ1n) is 6.47. The molecule has 0 spiro atoms. The van der Waals surface area contributed by atoms with Gasteiger partial charge in [-0.1, -0.05) is 24.3 Å². The van der Waals surface area contributed by atoms with Gasteiger partial charge in [0, 0.05) is 20.3 Å². The highest BCUT2D eigenvalue weighted by atomic mass is 16.5. The van der Waals surface area contributed by atoms with Gasteiger partial charge in [0.25, 0.3) is 0 Å². The molecule has 1 aliphatic rings. The summed E-state index contributed by atoms with van der Waals surface area (Å²) in [6, 6.07) is 9.89. The van der Waals surface area contributed by atoms with Crippen LogP contribution in [0.2, 0.25) is 0 Å². The Bertz CT molecular complexity index is 461. The first-order chi connectivity index (χ1) is 9.23. The van der Waals surface area contributed by atoms with Crippen molar-refractivity contribution in [2.24, 2.45) is 5.41 Å². The van der Waals surface area contributed by atoms with E-state index in [2.05, 4.69) is 6.07 Å². The van der Waals surface area contributed by atoms with Gasteiger partial charge in [0.1, 0.15) is 0 Å². The number of nitrogens with zero attached hydrogens (tertiary/aromatic N) is 1. The fraction of sp³-hybridized carbons (Fsp3) is 0.533. The van der Waals surface area contributed by atoms with E-state index in [-0.39, 0.29) is 0 Å². The number of ether oxygens (including phenoxy) is 2. The van der Waals surface area contributed by atoms with E-state index >= 15 is 0 Å². The van der Waals surface area contributed by atoms with Gasteiger partial charge in [-0.15, -0.1) is 0 Å². The van der Waals surface area contributed by atoms with Crippen LogP contribution in [0.25, 0.3) is 0 Å². The molecule has 1 fully saturated rings. The molecule has 0 radical (unpaired) electrons. The van der Waals surface area contributed by atoms with Gasteiger partial charge in [0.05, 0.1) is 24.2 Å². The lowest BCUT2D eigenvalue weighted by molar-refractivity contribution is -0.0317. The van der Waals surface area contributed by atoms with Crippen molar-refractivity contribution >= 4 is 0 Å². The molecule has 19 heavy (non-hydrogen) atoms. The maximum atomic E-state index is 10.7. The first-order valence-corrected chi connectivity index (χ1v) is 6.47. The summed E-state index contributed by atoms with van der Waals surface area (Å²) in [4.78, 5) is 0. The lowest BCUT2D eigenvalue weighted by Crippen LogP contribution is -2.34. The van der Waals surface area contributed by atoms with E-state index < -0.39 is 11.5 Å². The Labute approximate surface area is 113 Å². The molecule has 1 N–H and O–H groups in total. The molecule has 4 nitrogen and oxygen atoms in total. The van der Waals surface area contributed by atoms with E-state index in [1.54, 1.807) is 7.11 Å². The average Bonchev–Trinajstić information content (AvgIpc) is 2.48. The van der Waals surface area contributed by atoms with Crippen molar-refractivity contribution in [2.45, 2.75) is 25.6 Å². The monoisotopic (exact) mass is 261 g/mol. The number of hydrogen-bond acceptors (Lipinski definition) is 4. The van der Waals surface area contributed by atoms with Crippen LogP contribution in [0.1, 0.15) is 30.1 Å². The van der Waals surface area contributed by atoms with Gasteiger partial charge in [-0.05, 0) is 24.0 Å². The van der Waals surface area contributed by atoms with Crippen LogP contribution in [-0.4, -0.2) is 25.4 Å². The van der Waals surface area contributed by atoms with Crippen LogP contribution in [-0.2, 0) is 16.1 Å². The molecule has 0 saturated carbocycles. The van der Waals surface area contributed by atoms with Gasteiger partial charge in [0.2, 0.25) is 0 Å². The number of methoxy groups -OCH3 is 1. The maximum Gasteiger partial charge on any atom is 0.0981 e. The minimum atomic E-state index is -0.798. The van der Waals surface area contributed by atoms with Gasteiger partial charge in [-0.3, -0.25) is 0 Å². The molecular weight excluding hydrogens is 242 g/mol. The Morgan fingerprint density at radius 2 is 2.11 bits per heavy atom. The number of hydrogen-bond donors (Lipinski definition) is 1. The predicted octanol–water partition coefficient (Wildman–Crippen LogP) is 2.19. The first kappa shape index (κ1) is 14.0. The average molecular weight is 261 g/mol. The largest absolute Gasteiger partial charge is 0.387 e. The van der Waals surface area contributed by atoms with E-state index in [4.69, 9.17) is 9.47 Å². The molecule has 102 valence electrons. The van der Waals surface area contributed by atoms with Crippen LogP contribution < -0.4 is 0 Å². The number of benzene rings is 1. The number of rotatable bonds is 4. The summed E-state index contributed by atoms with van der Waals surface area (Å²) in [5.41, 5.74) is 0.966. The zero-order valence-electron chi connectivity index (χ0n) is 11.1. The van der Waals surface area contributed by atoms with Gasteiger partial charge >= 0.3 is 0 Å². The standard InChI is InChI=1S/C15H19NO3/c1-18-10-12-4-2-3-5-13(12)14(17)15(11-16)6-8-19-9-7-15/h2-5,14,17H,6-10H2,1H3. The fourth-order valence-corrected chi connectivity index (χ4v) is 2.57. The fourth-order valence-electron chi connectivity index (χ4n) is 2.57. The van der Waals surface area contributed by atoms with Gasteiger partial charge in [-0.25, -0.2) is 0 Å². The predicted molar refractivity (Wildman–Crippen MR) is 70.2 cm³/mol. The summed E-state index contributed by atoms with van der Waals surface area (Å²) in [7, 11) is 1.62. The van der Waals surface area contributed by atoms with Crippen LogP contribution in [0.4, 0.5) is 0 Å². The molecule has 0 aromatic heterocycles. The molecule has 0 amide bonds. The summed E-state index contributed by atoms with van der Waals surface area (Å²) < 4.78 is 10.5. The highest BCUT2D eigenvalue weighted by molar-refractivity contribution is 5.31. The Kier molecular flexibility index (Phi) is 4.54. The molecule has 1 aliphatic heterocycles. The molecule has 1 heterocycles. The highest BCUT2D eigenvalue weighted by Gasteiger charge is 2.41. The number of aliphatic hydroxyl groups is 1. The van der Waals surface area contributed by atoms with Crippen LogP contribution in [0.5, 0.6) is 0 Å². The maximum absolute atomic E-state index is 10.7. The topological polar surface area (TPSA) is 62.5 Å². The van der Waals surface area contributed by atoms with Crippen LogP contribution in [0.3, 0.4) is 0 Å². The molecule has 4 heteroatoms. The Morgan fingerprint density at radius 3 is 2.74 bits per heavy atom. The zero-order chi connectivity index (χ0) is 13.7. The minimum absolute atomic E-state index is 0.436. The third-order valence-corrected chi connectivity index (χ3v) is 3.78. The second kappa shape index (κ2) is 6.16. The number of aliphatic hydroxyl groups excluding tert-OH is 1. The summed E-state index contributed by atoms with van der Waals surface area (Å²) in [5, 5.41) is 20.2. The van der Waals surface area contributed by atoms with Gasteiger partial charge in [0.15, 0.2) is 0 Å². The van der Waals surface area contributed by atoms with E-state index in [1.807, 2.05) is 24.3 Å². The summed E-state index contributed by atoms with van der Waals surface area (Å²) in [6.07, 6.45) is 0.325. The second-order valence-corrected chi connectivity index (χ2v) is 4.91. The van der Waals surface area contributed by atoms with Gasteiger partial charge < -0.3 is 14.6 Å². The number of nitriles is 1. The van der Waals surface area contributed by atoms with E-state index in [0.29, 0.717) is 32.7 Å². The molecule has 0 aliphatic carbocycles. The minimum Gasteiger partial charge on any atom is -0.387 e. The second-order valence-electron chi connectivity index (χ2n) is 4.91. The SMILES string of the molecule is COCc1ccccc1C(O)C1(C#N)CCOCC1. The quantitative estimate of drug-likeness (QED) is 0.902. The molecule has 0 bridgehead atoms. The van der Waals surface area contributed by atoms with Crippen molar-refractivity contribution in [2.75, 3.05) is 20.3 Å². The lowest BCUT2D eigenvalue weighted by Gasteiger charge is -2.35. The summed E-state index contributed by atoms with van der Waals surface area (Å²) in [6.45, 7) is 1.49. The third kappa shape index (κ3) is 2.79. The highest BCUT2D eigenvalue weighted by Crippen LogP contribution is 2.42. The third-order valence-electron chi connectivity index (χ3n) is 3.78. The lowest BCUT2D eigenvalue weighted by atomic mass is 9.73. The van der Waals surface area contributed by atoms with Crippen LogP contribution >= 0.6 is 0 Å². The Morgan fingerprint density at radius 1 is 1.42 bits per heavy atom. The Balaban J connectivity index is 2.32. The summed E-state index contributed by atoms with van der Waals surface area (Å²) in [5.74, 6) is 0. The van der Waals surface area contributed by atoms with Crippen LogP contribution in [0.15, 0.2) is 24.3 Å². The Hall–Kier alpha value is -1.41. The van der Waals surface area contributed by atoms with Gasteiger partial charge in [-0.2, -0.15) is 5.26 Å². The summed E-state index contributed by atoms with van der Waals surface area (Å²) >= 11 is 0. The van der Waals surface area contributed by atoms with E-state index in [9.17, 15) is 10.4 Å². The molecular formula is C15H19NO3. The molecule has 2 rings (SSSR count). The van der Waals surface area contributed by atoms with Crippen molar-refractivity contribution in [1.82, 2.24) is 0 Å². The van der Waals surface area contributed by atoms with Crippen molar-refractivity contribution in [3.8, 4) is 6.07 Å². The molecule has 1 saturated heterocycles. The molecule has 1 unspecified atom stereocenters.